The molecular weight excluding hydrogens is 550 g/mol. The first kappa shape index (κ1) is 30.4. The topological polar surface area (TPSA) is 124 Å². The summed E-state index contributed by atoms with van der Waals surface area (Å²) in [6.45, 7) is 8.99. The minimum Gasteiger partial charge on any atom is -0.462 e. The number of amides is 2. The van der Waals surface area contributed by atoms with E-state index in [1.54, 1.807) is 9.80 Å². The van der Waals surface area contributed by atoms with E-state index in [9.17, 15) is 14.9 Å². The molecular formula is C31H41N7O5. The van der Waals surface area contributed by atoms with Crippen molar-refractivity contribution in [2.24, 2.45) is 0 Å². The molecule has 2 unspecified atom stereocenters. The summed E-state index contributed by atoms with van der Waals surface area (Å²) in [6.07, 6.45) is 1.46. The van der Waals surface area contributed by atoms with Gasteiger partial charge in [-0.1, -0.05) is 30.3 Å². The molecule has 0 bridgehead atoms. The van der Waals surface area contributed by atoms with Crippen LogP contribution in [0.1, 0.15) is 56.9 Å². The number of likely N-dealkylation sites (tertiary alicyclic amines) is 1. The van der Waals surface area contributed by atoms with E-state index in [4.69, 9.17) is 24.2 Å². The van der Waals surface area contributed by atoms with Crippen LogP contribution in [0, 0.1) is 11.3 Å². The number of fused-ring (bicyclic) bond motifs is 1. The highest BCUT2D eigenvalue weighted by Crippen LogP contribution is 2.34. The van der Waals surface area contributed by atoms with Gasteiger partial charge < -0.3 is 28.9 Å². The summed E-state index contributed by atoms with van der Waals surface area (Å²) >= 11 is 0. The molecule has 2 atom stereocenters. The number of ether oxygens (including phenoxy) is 3. The molecule has 1 aromatic carbocycles. The zero-order valence-electron chi connectivity index (χ0n) is 25.5. The van der Waals surface area contributed by atoms with Gasteiger partial charge in [0.25, 0.3) is 0 Å². The molecule has 5 rings (SSSR count). The van der Waals surface area contributed by atoms with Crippen LogP contribution in [0.2, 0.25) is 0 Å². The third-order valence-corrected chi connectivity index (χ3v) is 8.02. The van der Waals surface area contributed by atoms with Crippen molar-refractivity contribution in [1.29, 1.82) is 5.26 Å². The van der Waals surface area contributed by atoms with Crippen molar-refractivity contribution in [3.63, 3.8) is 0 Å². The fourth-order valence-electron chi connectivity index (χ4n) is 5.73. The van der Waals surface area contributed by atoms with Crippen LogP contribution in [0.15, 0.2) is 30.3 Å². The minimum atomic E-state index is -0.627. The van der Waals surface area contributed by atoms with Gasteiger partial charge in [0.1, 0.15) is 24.6 Å². The van der Waals surface area contributed by atoms with E-state index in [-0.39, 0.29) is 25.6 Å². The molecule has 1 aromatic heterocycles. The van der Waals surface area contributed by atoms with Crippen LogP contribution < -0.4 is 9.64 Å². The van der Waals surface area contributed by atoms with Crippen LogP contribution >= 0.6 is 0 Å². The number of carbonyl (C=O) groups excluding carboxylic acids is 2. The number of nitrogens with zero attached hydrogens (tertiary/aromatic N) is 7. The van der Waals surface area contributed by atoms with Crippen LogP contribution in [0.4, 0.5) is 15.4 Å². The third-order valence-electron chi connectivity index (χ3n) is 8.02. The molecule has 3 aliphatic rings. The number of piperazine rings is 1. The molecule has 0 radical (unpaired) electrons. The van der Waals surface area contributed by atoms with E-state index < -0.39 is 23.8 Å². The SMILES string of the molecule is CN1CCCC1COc1nc2c(c(N3CCN(C(=O)OCc4ccccc4)C(CC#N)C3)n1)CN(C(=O)OC(C)(C)C)C2. The maximum absolute atomic E-state index is 13.1. The van der Waals surface area contributed by atoms with Gasteiger partial charge in [-0.2, -0.15) is 15.2 Å². The Morgan fingerprint density at radius 1 is 1.05 bits per heavy atom. The quantitative estimate of drug-likeness (QED) is 0.468. The van der Waals surface area contributed by atoms with Gasteiger partial charge in [0.2, 0.25) is 0 Å². The average Bonchev–Trinajstić information content (AvgIpc) is 3.60. The van der Waals surface area contributed by atoms with Crippen molar-refractivity contribution in [2.75, 3.05) is 44.7 Å². The average molecular weight is 592 g/mol. The van der Waals surface area contributed by atoms with Crippen LogP contribution in [-0.2, 0) is 29.2 Å². The Hall–Kier alpha value is -4.11. The summed E-state index contributed by atoms with van der Waals surface area (Å²) in [7, 11) is 2.09. The number of benzene rings is 1. The van der Waals surface area contributed by atoms with Crippen LogP contribution in [-0.4, -0.2) is 94.4 Å². The fraction of sp³-hybridized carbons (Fsp3) is 0.581. The van der Waals surface area contributed by atoms with Gasteiger partial charge in [0.05, 0.1) is 37.3 Å². The molecule has 2 aromatic rings. The monoisotopic (exact) mass is 591 g/mol. The van der Waals surface area contributed by atoms with Gasteiger partial charge in [0, 0.05) is 31.2 Å². The molecule has 4 heterocycles. The maximum Gasteiger partial charge on any atom is 0.410 e. The lowest BCUT2D eigenvalue weighted by Gasteiger charge is -2.40. The first-order valence-electron chi connectivity index (χ1n) is 14.9. The van der Waals surface area contributed by atoms with Crippen molar-refractivity contribution in [3.8, 4) is 12.1 Å². The van der Waals surface area contributed by atoms with E-state index in [2.05, 4.69) is 22.9 Å². The summed E-state index contributed by atoms with van der Waals surface area (Å²) in [5.74, 6) is 0.658. The highest BCUT2D eigenvalue weighted by Gasteiger charge is 2.37. The fourth-order valence-corrected chi connectivity index (χ4v) is 5.73. The first-order chi connectivity index (χ1) is 20.6. The molecule has 2 fully saturated rings. The molecule has 43 heavy (non-hydrogen) atoms. The number of nitriles is 1. The number of aromatic nitrogens is 2. The molecule has 230 valence electrons. The largest absolute Gasteiger partial charge is 0.462 e. The van der Waals surface area contributed by atoms with E-state index in [1.807, 2.05) is 51.1 Å². The first-order valence-corrected chi connectivity index (χ1v) is 14.9. The second kappa shape index (κ2) is 13.0. The van der Waals surface area contributed by atoms with Crippen molar-refractivity contribution >= 4 is 18.0 Å². The lowest BCUT2D eigenvalue weighted by atomic mass is 10.1. The van der Waals surface area contributed by atoms with Gasteiger partial charge in [0.15, 0.2) is 0 Å². The van der Waals surface area contributed by atoms with E-state index >= 15 is 0 Å². The van der Waals surface area contributed by atoms with Gasteiger partial charge in [-0.05, 0) is 52.8 Å². The third kappa shape index (κ3) is 7.46. The molecule has 2 amide bonds. The lowest BCUT2D eigenvalue weighted by molar-refractivity contribution is 0.0240. The maximum atomic E-state index is 13.1. The Kier molecular flexibility index (Phi) is 9.20. The highest BCUT2D eigenvalue weighted by atomic mass is 16.6. The van der Waals surface area contributed by atoms with E-state index in [0.717, 1.165) is 30.5 Å². The second-order valence-electron chi connectivity index (χ2n) is 12.4. The normalized spacial score (nSPS) is 20.5. The molecule has 0 saturated carbocycles. The number of carbonyl (C=O) groups is 2. The van der Waals surface area contributed by atoms with Crippen LogP contribution in [0.25, 0.3) is 0 Å². The lowest BCUT2D eigenvalue weighted by Crippen LogP contribution is -2.55. The smallest absolute Gasteiger partial charge is 0.410 e. The van der Waals surface area contributed by atoms with Gasteiger partial charge in [-0.25, -0.2) is 9.59 Å². The minimum absolute atomic E-state index is 0.144. The molecule has 2 saturated heterocycles. The number of likely N-dealkylation sites (N-methyl/N-ethyl adjacent to an activating group) is 1. The number of rotatable bonds is 7. The van der Waals surface area contributed by atoms with Crippen LogP contribution in [0.5, 0.6) is 6.01 Å². The second-order valence-corrected chi connectivity index (χ2v) is 12.4. The Morgan fingerprint density at radius 3 is 2.53 bits per heavy atom. The Morgan fingerprint density at radius 2 is 1.84 bits per heavy atom. The van der Waals surface area contributed by atoms with Crippen molar-refractivity contribution in [3.05, 3.63) is 47.2 Å². The van der Waals surface area contributed by atoms with E-state index in [1.165, 1.54) is 0 Å². The predicted molar refractivity (Wildman–Crippen MR) is 158 cm³/mol. The zero-order valence-corrected chi connectivity index (χ0v) is 25.5. The Bertz CT molecular complexity index is 1340. The molecule has 3 aliphatic heterocycles. The van der Waals surface area contributed by atoms with Gasteiger partial charge in [-0.3, -0.25) is 4.90 Å². The van der Waals surface area contributed by atoms with Crippen molar-refractivity contribution < 1.29 is 23.8 Å². The molecule has 12 nitrogen and oxygen atoms in total. The van der Waals surface area contributed by atoms with Crippen molar-refractivity contribution in [2.45, 2.75) is 77.4 Å². The number of hydrogen-bond acceptors (Lipinski definition) is 10. The van der Waals surface area contributed by atoms with Crippen molar-refractivity contribution in [1.82, 2.24) is 24.7 Å². The number of anilines is 1. The Labute approximate surface area is 253 Å². The predicted octanol–water partition coefficient (Wildman–Crippen LogP) is 3.94. The summed E-state index contributed by atoms with van der Waals surface area (Å²) < 4.78 is 17.4. The number of hydrogen-bond donors (Lipinski definition) is 0. The van der Waals surface area contributed by atoms with Gasteiger partial charge in [-0.15, -0.1) is 0 Å². The standard InChI is InChI=1S/C31H41N7O5/c1-31(2,3)43-29(39)37-18-25-26(19-37)33-28(41-21-24-11-8-14-35(24)4)34-27(25)36-15-16-38(23(17-36)12-13-32)30(40)42-20-22-9-6-5-7-10-22/h5-7,9-10,23-24H,8,11-12,14-21H2,1-4H3. The highest BCUT2D eigenvalue weighted by molar-refractivity contribution is 5.71. The summed E-state index contributed by atoms with van der Waals surface area (Å²) in [4.78, 5) is 43.2. The molecule has 0 N–H and O–H groups in total. The van der Waals surface area contributed by atoms with E-state index in [0.29, 0.717) is 50.3 Å². The van der Waals surface area contributed by atoms with Crippen LogP contribution in [0.3, 0.4) is 0 Å². The summed E-state index contributed by atoms with van der Waals surface area (Å²) in [5, 5.41) is 9.61. The summed E-state index contributed by atoms with van der Waals surface area (Å²) in [5.41, 5.74) is 1.81. The molecule has 0 spiro atoms. The molecule has 0 aliphatic carbocycles. The summed E-state index contributed by atoms with van der Waals surface area (Å²) in [6, 6.07) is 11.9. The molecule has 12 heteroatoms. The zero-order chi connectivity index (χ0) is 30.6. The van der Waals surface area contributed by atoms with Gasteiger partial charge >= 0.3 is 18.2 Å². The Balaban J connectivity index is 1.35.